The zero-order valence-electron chi connectivity index (χ0n) is 10.1. The number of anilines is 1. The molecule has 92 valence electrons. The van der Waals surface area contributed by atoms with Gasteiger partial charge >= 0.3 is 0 Å². The van der Waals surface area contributed by atoms with Crippen LogP contribution >= 0.6 is 0 Å². The molecule has 0 spiro atoms. The fraction of sp³-hybridized carbons (Fsp3) is 0.267. The normalized spacial score (nSPS) is 14.4. The first-order valence-electron chi connectivity index (χ1n) is 6.34. The SMILES string of the molecule is O=C(CNc1cccc2ccccc12)NC1CC1. The number of rotatable bonds is 4. The average molecular weight is 240 g/mol. The average Bonchev–Trinajstić information content (AvgIpc) is 3.20. The topological polar surface area (TPSA) is 41.1 Å². The van der Waals surface area contributed by atoms with Crippen LogP contribution in [0.15, 0.2) is 42.5 Å². The Morgan fingerprint density at radius 1 is 1.11 bits per heavy atom. The minimum Gasteiger partial charge on any atom is -0.376 e. The Hall–Kier alpha value is -2.03. The fourth-order valence-electron chi connectivity index (χ4n) is 2.06. The van der Waals surface area contributed by atoms with Gasteiger partial charge in [0, 0.05) is 17.1 Å². The van der Waals surface area contributed by atoms with Crippen molar-refractivity contribution in [3.63, 3.8) is 0 Å². The third kappa shape index (κ3) is 2.45. The van der Waals surface area contributed by atoms with Crippen molar-refractivity contribution in [1.82, 2.24) is 5.32 Å². The smallest absolute Gasteiger partial charge is 0.239 e. The van der Waals surface area contributed by atoms with E-state index in [1.165, 1.54) is 5.39 Å². The lowest BCUT2D eigenvalue weighted by atomic mass is 10.1. The summed E-state index contributed by atoms with van der Waals surface area (Å²) in [4.78, 5) is 11.6. The van der Waals surface area contributed by atoms with E-state index in [4.69, 9.17) is 0 Å². The molecule has 0 aromatic heterocycles. The Kier molecular flexibility index (Phi) is 2.89. The van der Waals surface area contributed by atoms with E-state index in [2.05, 4.69) is 28.8 Å². The van der Waals surface area contributed by atoms with Gasteiger partial charge in [-0.3, -0.25) is 4.79 Å². The third-order valence-corrected chi connectivity index (χ3v) is 3.17. The van der Waals surface area contributed by atoms with Gasteiger partial charge in [0.1, 0.15) is 0 Å². The number of amides is 1. The van der Waals surface area contributed by atoms with E-state index in [-0.39, 0.29) is 5.91 Å². The molecular formula is C15H16N2O. The lowest BCUT2D eigenvalue weighted by Crippen LogP contribution is -2.31. The van der Waals surface area contributed by atoms with Gasteiger partial charge in [-0.25, -0.2) is 0 Å². The summed E-state index contributed by atoms with van der Waals surface area (Å²) in [5.41, 5.74) is 1.01. The van der Waals surface area contributed by atoms with E-state index in [9.17, 15) is 4.79 Å². The lowest BCUT2D eigenvalue weighted by molar-refractivity contribution is -0.119. The number of benzene rings is 2. The quantitative estimate of drug-likeness (QED) is 0.862. The maximum Gasteiger partial charge on any atom is 0.239 e. The van der Waals surface area contributed by atoms with Crippen molar-refractivity contribution in [2.24, 2.45) is 0 Å². The molecule has 18 heavy (non-hydrogen) atoms. The Labute approximate surface area is 106 Å². The zero-order chi connectivity index (χ0) is 12.4. The maximum atomic E-state index is 11.6. The van der Waals surface area contributed by atoms with Crippen LogP contribution in [0.25, 0.3) is 10.8 Å². The highest BCUT2D eigenvalue weighted by Gasteiger charge is 2.22. The van der Waals surface area contributed by atoms with Crippen LogP contribution in [-0.2, 0) is 4.79 Å². The Morgan fingerprint density at radius 2 is 1.89 bits per heavy atom. The van der Waals surface area contributed by atoms with Crippen molar-refractivity contribution in [2.75, 3.05) is 11.9 Å². The van der Waals surface area contributed by atoms with Gasteiger partial charge in [-0.15, -0.1) is 0 Å². The summed E-state index contributed by atoms with van der Waals surface area (Å²) in [7, 11) is 0. The summed E-state index contributed by atoms with van der Waals surface area (Å²) >= 11 is 0. The molecule has 3 rings (SSSR count). The van der Waals surface area contributed by atoms with E-state index in [1.54, 1.807) is 0 Å². The highest BCUT2D eigenvalue weighted by molar-refractivity contribution is 5.95. The van der Waals surface area contributed by atoms with Crippen molar-refractivity contribution in [1.29, 1.82) is 0 Å². The van der Waals surface area contributed by atoms with Crippen LogP contribution in [0.3, 0.4) is 0 Å². The molecule has 0 radical (unpaired) electrons. The van der Waals surface area contributed by atoms with Gasteiger partial charge in [-0.05, 0) is 24.3 Å². The number of hydrogen-bond acceptors (Lipinski definition) is 2. The minimum absolute atomic E-state index is 0.0745. The fourth-order valence-corrected chi connectivity index (χ4v) is 2.06. The Bertz CT molecular complexity index is 570. The van der Waals surface area contributed by atoms with Crippen LogP contribution in [0.5, 0.6) is 0 Å². The summed E-state index contributed by atoms with van der Waals surface area (Å²) in [6.07, 6.45) is 2.25. The van der Waals surface area contributed by atoms with Crippen molar-refractivity contribution < 1.29 is 4.79 Å². The molecule has 0 aliphatic heterocycles. The summed E-state index contributed by atoms with van der Waals surface area (Å²) in [5.74, 6) is 0.0745. The van der Waals surface area contributed by atoms with Crippen molar-refractivity contribution in [3.05, 3.63) is 42.5 Å². The molecule has 3 heteroatoms. The maximum absolute atomic E-state index is 11.6. The first-order valence-corrected chi connectivity index (χ1v) is 6.34. The van der Waals surface area contributed by atoms with E-state index in [0.29, 0.717) is 12.6 Å². The molecule has 3 nitrogen and oxygen atoms in total. The van der Waals surface area contributed by atoms with Crippen molar-refractivity contribution >= 4 is 22.4 Å². The van der Waals surface area contributed by atoms with Gasteiger partial charge in [0.2, 0.25) is 5.91 Å². The minimum atomic E-state index is 0.0745. The number of carbonyl (C=O) groups excluding carboxylic acids is 1. The van der Waals surface area contributed by atoms with Gasteiger partial charge in [-0.1, -0.05) is 36.4 Å². The molecule has 2 N–H and O–H groups in total. The van der Waals surface area contributed by atoms with Crippen LogP contribution in [0.1, 0.15) is 12.8 Å². The van der Waals surface area contributed by atoms with E-state index in [0.717, 1.165) is 23.9 Å². The second-order valence-corrected chi connectivity index (χ2v) is 4.72. The molecule has 0 saturated heterocycles. The van der Waals surface area contributed by atoms with Gasteiger partial charge in [0.15, 0.2) is 0 Å². The first kappa shape index (κ1) is 11.1. The predicted octanol–water partition coefficient (Wildman–Crippen LogP) is 2.53. The van der Waals surface area contributed by atoms with E-state index < -0.39 is 0 Å². The second-order valence-electron chi connectivity index (χ2n) is 4.72. The summed E-state index contributed by atoms with van der Waals surface area (Å²) in [5, 5.41) is 8.52. The molecule has 1 aliphatic rings. The van der Waals surface area contributed by atoms with E-state index >= 15 is 0 Å². The molecule has 1 amide bonds. The Balaban J connectivity index is 1.71. The van der Waals surface area contributed by atoms with Crippen molar-refractivity contribution in [3.8, 4) is 0 Å². The molecule has 2 aromatic rings. The standard InChI is InChI=1S/C15H16N2O/c18-15(17-12-8-9-12)10-16-14-7-3-5-11-4-1-2-6-13(11)14/h1-7,12,16H,8-10H2,(H,17,18). The molecule has 0 heterocycles. The zero-order valence-corrected chi connectivity index (χ0v) is 10.1. The number of fused-ring (bicyclic) bond motifs is 1. The summed E-state index contributed by atoms with van der Waals surface area (Å²) < 4.78 is 0. The molecule has 0 atom stereocenters. The Morgan fingerprint density at radius 3 is 2.72 bits per heavy atom. The number of carbonyl (C=O) groups is 1. The molecule has 0 bridgehead atoms. The van der Waals surface area contributed by atoms with Crippen molar-refractivity contribution in [2.45, 2.75) is 18.9 Å². The number of nitrogens with one attached hydrogen (secondary N) is 2. The summed E-state index contributed by atoms with van der Waals surface area (Å²) in [6, 6.07) is 14.7. The van der Waals surface area contributed by atoms with Crippen LogP contribution in [0.4, 0.5) is 5.69 Å². The second kappa shape index (κ2) is 4.69. The first-order chi connectivity index (χ1) is 8.83. The van der Waals surface area contributed by atoms with Crippen LogP contribution in [0.2, 0.25) is 0 Å². The molecule has 1 fully saturated rings. The number of hydrogen-bond donors (Lipinski definition) is 2. The highest BCUT2D eigenvalue weighted by atomic mass is 16.2. The largest absolute Gasteiger partial charge is 0.376 e. The highest BCUT2D eigenvalue weighted by Crippen LogP contribution is 2.22. The predicted molar refractivity (Wildman–Crippen MR) is 73.6 cm³/mol. The molecule has 1 saturated carbocycles. The summed E-state index contributed by atoms with van der Waals surface area (Å²) in [6.45, 7) is 0.338. The van der Waals surface area contributed by atoms with Crippen LogP contribution in [-0.4, -0.2) is 18.5 Å². The molecular weight excluding hydrogens is 224 g/mol. The lowest BCUT2D eigenvalue weighted by Gasteiger charge is -2.09. The third-order valence-electron chi connectivity index (χ3n) is 3.17. The van der Waals surface area contributed by atoms with Gasteiger partial charge in [-0.2, -0.15) is 0 Å². The monoisotopic (exact) mass is 240 g/mol. The molecule has 0 unspecified atom stereocenters. The molecule has 2 aromatic carbocycles. The van der Waals surface area contributed by atoms with Gasteiger partial charge in [0.05, 0.1) is 6.54 Å². The van der Waals surface area contributed by atoms with Gasteiger partial charge < -0.3 is 10.6 Å². The molecule has 1 aliphatic carbocycles. The van der Waals surface area contributed by atoms with E-state index in [1.807, 2.05) is 24.3 Å². The van der Waals surface area contributed by atoms with Crippen LogP contribution < -0.4 is 10.6 Å². The van der Waals surface area contributed by atoms with Crippen LogP contribution in [0, 0.1) is 0 Å². The van der Waals surface area contributed by atoms with Gasteiger partial charge in [0.25, 0.3) is 0 Å².